The summed E-state index contributed by atoms with van der Waals surface area (Å²) in [6, 6.07) is 2.83. The molecule has 6 nitrogen and oxygen atoms in total. The molecule has 0 atom stereocenters. The van der Waals surface area contributed by atoms with Gasteiger partial charge in [-0.25, -0.2) is 9.97 Å². The highest BCUT2D eigenvalue weighted by Crippen LogP contribution is 2.38. The minimum Gasteiger partial charge on any atom is -0.422 e. The summed E-state index contributed by atoms with van der Waals surface area (Å²) < 4.78 is 7.06. The van der Waals surface area contributed by atoms with Gasteiger partial charge in [-0.3, -0.25) is 10.1 Å². The van der Waals surface area contributed by atoms with E-state index in [2.05, 4.69) is 57.8 Å². The van der Waals surface area contributed by atoms with Gasteiger partial charge in [-0.2, -0.15) is 0 Å². The van der Waals surface area contributed by atoms with E-state index in [4.69, 9.17) is 4.74 Å². The SMILES string of the molecule is O=[N+]([O-])c1cc(Br)c(Oc2ncc(Br)cn2)c(Br)c1. The van der Waals surface area contributed by atoms with Gasteiger partial charge < -0.3 is 4.74 Å². The molecule has 2 aromatic rings. The van der Waals surface area contributed by atoms with Crippen molar-refractivity contribution in [1.29, 1.82) is 0 Å². The van der Waals surface area contributed by atoms with Gasteiger partial charge in [0, 0.05) is 24.5 Å². The molecule has 19 heavy (non-hydrogen) atoms. The molecule has 0 aliphatic heterocycles. The molecule has 0 spiro atoms. The van der Waals surface area contributed by atoms with Crippen LogP contribution in [-0.2, 0) is 0 Å². The molecule has 1 aromatic carbocycles. The summed E-state index contributed by atoms with van der Waals surface area (Å²) in [5.41, 5.74) is -0.0529. The predicted molar refractivity (Wildman–Crippen MR) is 78.3 cm³/mol. The molecule has 0 saturated carbocycles. The molecule has 0 bridgehead atoms. The van der Waals surface area contributed by atoms with Crippen LogP contribution in [0.1, 0.15) is 0 Å². The molecule has 2 rings (SSSR count). The Balaban J connectivity index is 2.35. The Bertz CT molecular complexity index is 611. The van der Waals surface area contributed by atoms with Crippen molar-refractivity contribution >= 4 is 53.5 Å². The zero-order chi connectivity index (χ0) is 14.0. The van der Waals surface area contributed by atoms with Gasteiger partial charge in [0.2, 0.25) is 0 Å². The summed E-state index contributed by atoms with van der Waals surface area (Å²) in [5.74, 6) is 0.368. The largest absolute Gasteiger partial charge is 0.422 e. The van der Waals surface area contributed by atoms with Crippen molar-refractivity contribution in [3.63, 3.8) is 0 Å². The van der Waals surface area contributed by atoms with Crippen LogP contribution in [0.5, 0.6) is 11.8 Å². The molecule has 0 fully saturated rings. The highest BCUT2D eigenvalue weighted by molar-refractivity contribution is 9.11. The number of rotatable bonds is 3. The zero-order valence-electron chi connectivity index (χ0n) is 9.01. The Morgan fingerprint density at radius 3 is 2.11 bits per heavy atom. The van der Waals surface area contributed by atoms with Crippen LogP contribution in [0.15, 0.2) is 37.9 Å². The Morgan fingerprint density at radius 2 is 1.63 bits per heavy atom. The van der Waals surface area contributed by atoms with E-state index in [0.717, 1.165) is 4.47 Å². The van der Waals surface area contributed by atoms with E-state index in [1.807, 2.05) is 0 Å². The van der Waals surface area contributed by atoms with Crippen LogP contribution < -0.4 is 4.74 Å². The lowest BCUT2D eigenvalue weighted by Gasteiger charge is -2.07. The summed E-state index contributed by atoms with van der Waals surface area (Å²) >= 11 is 9.64. The van der Waals surface area contributed by atoms with Crippen LogP contribution in [0.25, 0.3) is 0 Å². The first-order valence-electron chi connectivity index (χ1n) is 4.76. The smallest absolute Gasteiger partial charge is 0.322 e. The maximum atomic E-state index is 10.7. The Morgan fingerprint density at radius 1 is 1.11 bits per heavy atom. The lowest BCUT2D eigenvalue weighted by atomic mass is 10.3. The molecule has 0 radical (unpaired) electrons. The molecule has 0 unspecified atom stereocenters. The lowest BCUT2D eigenvalue weighted by molar-refractivity contribution is -0.385. The van der Waals surface area contributed by atoms with Gasteiger partial charge in [0.1, 0.15) is 0 Å². The Labute approximate surface area is 132 Å². The maximum Gasteiger partial charge on any atom is 0.322 e. The van der Waals surface area contributed by atoms with Crippen LogP contribution in [0, 0.1) is 10.1 Å². The van der Waals surface area contributed by atoms with Crippen LogP contribution in [0.3, 0.4) is 0 Å². The van der Waals surface area contributed by atoms with Crippen LogP contribution in [0.4, 0.5) is 5.69 Å². The summed E-state index contributed by atoms with van der Waals surface area (Å²) in [7, 11) is 0. The number of aromatic nitrogens is 2. The molecule has 1 aromatic heterocycles. The van der Waals surface area contributed by atoms with Crippen molar-refractivity contribution in [3.05, 3.63) is 48.1 Å². The maximum absolute atomic E-state index is 10.7. The van der Waals surface area contributed by atoms with Crippen LogP contribution in [0.2, 0.25) is 0 Å². The number of nitrogens with zero attached hydrogens (tertiary/aromatic N) is 3. The summed E-state index contributed by atoms with van der Waals surface area (Å²) in [5, 5.41) is 10.7. The van der Waals surface area contributed by atoms with E-state index in [9.17, 15) is 10.1 Å². The van der Waals surface area contributed by atoms with Crippen LogP contribution in [-0.4, -0.2) is 14.9 Å². The number of nitro groups is 1. The molecule has 0 aliphatic rings. The fourth-order valence-electron chi connectivity index (χ4n) is 1.19. The van der Waals surface area contributed by atoms with Crippen LogP contribution >= 0.6 is 47.8 Å². The summed E-state index contributed by atoms with van der Waals surface area (Å²) in [4.78, 5) is 18.1. The Kier molecular flexibility index (Phi) is 4.48. The average molecular weight is 454 g/mol. The second-order valence-corrected chi connectivity index (χ2v) is 5.91. The van der Waals surface area contributed by atoms with E-state index in [-0.39, 0.29) is 11.7 Å². The zero-order valence-corrected chi connectivity index (χ0v) is 13.8. The number of ether oxygens (including phenoxy) is 1. The first-order chi connectivity index (χ1) is 8.97. The molecular weight excluding hydrogens is 450 g/mol. The second-order valence-electron chi connectivity index (χ2n) is 3.28. The van der Waals surface area contributed by atoms with Gasteiger partial charge >= 0.3 is 6.01 Å². The predicted octanol–water partition coefficient (Wildman–Crippen LogP) is 4.46. The van der Waals surface area contributed by atoms with Crippen molar-refractivity contribution in [1.82, 2.24) is 9.97 Å². The lowest BCUT2D eigenvalue weighted by Crippen LogP contribution is -1.94. The van der Waals surface area contributed by atoms with Crippen molar-refractivity contribution in [2.24, 2.45) is 0 Å². The van der Waals surface area contributed by atoms with Gasteiger partial charge in [0.05, 0.1) is 18.3 Å². The minimum absolute atomic E-state index is 0.0529. The van der Waals surface area contributed by atoms with Gasteiger partial charge in [-0.05, 0) is 47.8 Å². The van der Waals surface area contributed by atoms with Crippen molar-refractivity contribution in [2.45, 2.75) is 0 Å². The normalized spacial score (nSPS) is 10.3. The fourth-order valence-corrected chi connectivity index (χ4v) is 2.72. The minimum atomic E-state index is -0.491. The molecule has 1 heterocycles. The molecule has 0 N–H and O–H groups in total. The van der Waals surface area contributed by atoms with Gasteiger partial charge in [0.25, 0.3) is 5.69 Å². The van der Waals surface area contributed by atoms with Crippen molar-refractivity contribution < 1.29 is 9.66 Å². The van der Waals surface area contributed by atoms with Gasteiger partial charge in [-0.1, -0.05) is 0 Å². The average Bonchev–Trinajstić information content (AvgIpc) is 2.35. The highest BCUT2D eigenvalue weighted by Gasteiger charge is 2.16. The molecule has 0 aliphatic carbocycles. The first kappa shape index (κ1) is 14.4. The quantitative estimate of drug-likeness (QED) is 0.506. The molecule has 9 heteroatoms. The van der Waals surface area contributed by atoms with E-state index in [1.165, 1.54) is 24.5 Å². The molecule has 0 amide bonds. The highest BCUT2D eigenvalue weighted by atomic mass is 79.9. The van der Waals surface area contributed by atoms with E-state index in [1.54, 1.807) is 0 Å². The number of halogens is 3. The van der Waals surface area contributed by atoms with Gasteiger partial charge in [0.15, 0.2) is 5.75 Å². The third-order valence-electron chi connectivity index (χ3n) is 1.98. The summed E-state index contributed by atoms with van der Waals surface area (Å²) in [6.45, 7) is 0. The molecular formula is C10H4Br3N3O3. The van der Waals surface area contributed by atoms with E-state index < -0.39 is 4.92 Å². The van der Waals surface area contributed by atoms with Crippen molar-refractivity contribution in [3.8, 4) is 11.8 Å². The molecule has 98 valence electrons. The Hall–Kier alpha value is -1.06. The third-order valence-corrected chi connectivity index (χ3v) is 3.57. The number of benzene rings is 1. The molecule has 0 saturated heterocycles. The van der Waals surface area contributed by atoms with Gasteiger partial charge in [-0.15, -0.1) is 0 Å². The van der Waals surface area contributed by atoms with E-state index in [0.29, 0.717) is 14.7 Å². The van der Waals surface area contributed by atoms with Crippen molar-refractivity contribution in [2.75, 3.05) is 0 Å². The topological polar surface area (TPSA) is 78.2 Å². The second kappa shape index (κ2) is 5.93. The van der Waals surface area contributed by atoms with E-state index >= 15 is 0 Å². The number of hydrogen-bond acceptors (Lipinski definition) is 5. The summed E-state index contributed by atoms with van der Waals surface area (Å²) in [6.07, 6.45) is 3.07. The first-order valence-corrected chi connectivity index (χ1v) is 7.14. The third kappa shape index (κ3) is 3.48. The number of nitro benzene ring substituents is 1. The number of non-ortho nitro benzene ring substituents is 1. The number of hydrogen-bond donors (Lipinski definition) is 0. The standard InChI is InChI=1S/C10H4Br3N3O3/c11-5-3-14-10(15-4-5)19-9-7(12)1-6(16(17)18)2-8(9)13/h1-4H. The fraction of sp³-hybridized carbons (Fsp3) is 0. The monoisotopic (exact) mass is 451 g/mol.